The number of benzene rings is 1. The highest BCUT2D eigenvalue weighted by molar-refractivity contribution is 6.60. The standard InChI is InChI=1S/C9H12BNO4/c1-6(2)7-3-4-8(10(12)13)9(5-7)11(14)15/h3-6,12-13H,1-2H3. The first-order valence-electron chi connectivity index (χ1n) is 4.58. The molecule has 0 aliphatic heterocycles. The highest BCUT2D eigenvalue weighted by Crippen LogP contribution is 2.18. The predicted molar refractivity (Wildman–Crippen MR) is 57.0 cm³/mol. The molecule has 0 saturated carbocycles. The Balaban J connectivity index is 3.27. The molecule has 15 heavy (non-hydrogen) atoms. The van der Waals surface area contributed by atoms with Crippen LogP contribution in [-0.2, 0) is 0 Å². The van der Waals surface area contributed by atoms with Crippen LogP contribution in [-0.4, -0.2) is 22.1 Å². The zero-order valence-corrected chi connectivity index (χ0v) is 8.54. The molecule has 0 saturated heterocycles. The van der Waals surface area contributed by atoms with Gasteiger partial charge >= 0.3 is 7.12 Å². The van der Waals surface area contributed by atoms with E-state index in [-0.39, 0.29) is 17.1 Å². The van der Waals surface area contributed by atoms with Crippen molar-refractivity contribution in [2.45, 2.75) is 19.8 Å². The minimum absolute atomic E-state index is 0.0793. The van der Waals surface area contributed by atoms with E-state index in [4.69, 9.17) is 10.0 Å². The summed E-state index contributed by atoms with van der Waals surface area (Å²) in [7, 11) is -1.81. The largest absolute Gasteiger partial charge is 0.495 e. The zero-order valence-electron chi connectivity index (χ0n) is 8.54. The summed E-state index contributed by atoms with van der Waals surface area (Å²) in [5.74, 6) is 0.161. The molecule has 0 spiro atoms. The summed E-state index contributed by atoms with van der Waals surface area (Å²) in [6, 6.07) is 4.41. The molecule has 0 atom stereocenters. The Kier molecular flexibility index (Phi) is 3.44. The topological polar surface area (TPSA) is 83.6 Å². The quantitative estimate of drug-likeness (QED) is 0.428. The van der Waals surface area contributed by atoms with Crippen molar-refractivity contribution in [2.24, 2.45) is 0 Å². The molecule has 0 aromatic heterocycles. The van der Waals surface area contributed by atoms with Gasteiger partial charge in [0.05, 0.1) is 10.4 Å². The molecule has 2 N–H and O–H groups in total. The van der Waals surface area contributed by atoms with Crippen molar-refractivity contribution in [3.8, 4) is 0 Å². The van der Waals surface area contributed by atoms with Crippen molar-refractivity contribution in [3.63, 3.8) is 0 Å². The molecule has 1 rings (SSSR count). The van der Waals surface area contributed by atoms with E-state index in [0.29, 0.717) is 0 Å². The number of hydrogen-bond acceptors (Lipinski definition) is 4. The van der Waals surface area contributed by atoms with Crippen LogP contribution >= 0.6 is 0 Å². The highest BCUT2D eigenvalue weighted by Gasteiger charge is 2.24. The summed E-state index contributed by atoms with van der Waals surface area (Å²) >= 11 is 0. The van der Waals surface area contributed by atoms with E-state index < -0.39 is 12.0 Å². The molecule has 80 valence electrons. The molecular weight excluding hydrogens is 197 g/mol. The van der Waals surface area contributed by atoms with Crippen LogP contribution in [0, 0.1) is 10.1 Å². The SMILES string of the molecule is CC(C)c1ccc(B(O)O)c([N+](=O)[O-])c1. The molecule has 0 heterocycles. The number of nitrogens with zero attached hydrogens (tertiary/aromatic N) is 1. The Morgan fingerprint density at radius 3 is 2.40 bits per heavy atom. The van der Waals surface area contributed by atoms with E-state index in [1.807, 2.05) is 13.8 Å². The number of hydrogen-bond donors (Lipinski definition) is 2. The van der Waals surface area contributed by atoms with Crippen LogP contribution in [0.2, 0.25) is 0 Å². The van der Waals surface area contributed by atoms with Crippen molar-refractivity contribution in [2.75, 3.05) is 0 Å². The second-order valence-corrected chi connectivity index (χ2v) is 3.60. The van der Waals surface area contributed by atoms with Gasteiger partial charge in [0.25, 0.3) is 5.69 Å². The zero-order chi connectivity index (χ0) is 11.6. The molecule has 0 unspecified atom stereocenters. The van der Waals surface area contributed by atoms with E-state index in [2.05, 4.69) is 0 Å². The monoisotopic (exact) mass is 209 g/mol. The molecule has 5 nitrogen and oxygen atoms in total. The predicted octanol–water partition coefficient (Wildman–Crippen LogP) is 0.398. The summed E-state index contributed by atoms with van der Waals surface area (Å²) in [5.41, 5.74) is 0.465. The van der Waals surface area contributed by atoms with Crippen molar-refractivity contribution < 1.29 is 15.0 Å². The molecule has 1 aromatic rings. The normalized spacial score (nSPS) is 10.5. The number of nitro benzene ring substituents is 1. The Morgan fingerprint density at radius 2 is 2.00 bits per heavy atom. The highest BCUT2D eigenvalue weighted by atomic mass is 16.6. The van der Waals surface area contributed by atoms with Crippen molar-refractivity contribution >= 4 is 18.3 Å². The molecular formula is C9H12BNO4. The lowest BCUT2D eigenvalue weighted by Crippen LogP contribution is -2.32. The Hall–Kier alpha value is -1.40. The van der Waals surface area contributed by atoms with E-state index in [1.165, 1.54) is 12.1 Å². The fourth-order valence-corrected chi connectivity index (χ4v) is 1.30. The lowest BCUT2D eigenvalue weighted by Gasteiger charge is -2.07. The van der Waals surface area contributed by atoms with Crippen LogP contribution in [0.15, 0.2) is 18.2 Å². The van der Waals surface area contributed by atoms with Crippen LogP contribution in [0.25, 0.3) is 0 Å². The maximum Gasteiger partial charge on any atom is 0.495 e. The maximum absolute atomic E-state index is 10.7. The minimum atomic E-state index is -1.81. The lowest BCUT2D eigenvalue weighted by molar-refractivity contribution is -0.383. The fraction of sp³-hybridized carbons (Fsp3) is 0.333. The summed E-state index contributed by atoms with van der Waals surface area (Å²) in [6.07, 6.45) is 0. The van der Waals surface area contributed by atoms with Gasteiger partial charge in [-0.15, -0.1) is 0 Å². The van der Waals surface area contributed by atoms with Gasteiger partial charge in [0.2, 0.25) is 0 Å². The van der Waals surface area contributed by atoms with Crippen molar-refractivity contribution in [1.82, 2.24) is 0 Å². The van der Waals surface area contributed by atoms with Crippen LogP contribution in [0.1, 0.15) is 25.3 Å². The molecule has 0 bridgehead atoms. The van der Waals surface area contributed by atoms with Gasteiger partial charge < -0.3 is 10.0 Å². The van der Waals surface area contributed by atoms with Gasteiger partial charge in [-0.25, -0.2) is 0 Å². The number of rotatable bonds is 3. The second-order valence-electron chi connectivity index (χ2n) is 3.60. The smallest absolute Gasteiger partial charge is 0.423 e. The van der Waals surface area contributed by atoms with E-state index in [1.54, 1.807) is 6.07 Å². The Labute approximate surface area is 87.7 Å². The molecule has 0 amide bonds. The van der Waals surface area contributed by atoms with E-state index in [0.717, 1.165) is 5.56 Å². The van der Waals surface area contributed by atoms with Crippen LogP contribution < -0.4 is 5.46 Å². The third kappa shape index (κ3) is 2.54. The Morgan fingerprint density at radius 1 is 1.40 bits per heavy atom. The van der Waals surface area contributed by atoms with Gasteiger partial charge in [0.15, 0.2) is 0 Å². The first kappa shape index (κ1) is 11.7. The Bertz CT molecular complexity index is 378. The van der Waals surface area contributed by atoms with Gasteiger partial charge in [0.1, 0.15) is 0 Å². The first-order valence-corrected chi connectivity index (χ1v) is 4.58. The molecule has 1 aromatic carbocycles. The first-order chi connectivity index (χ1) is 6.93. The van der Waals surface area contributed by atoms with Gasteiger partial charge in [-0.05, 0) is 11.5 Å². The molecule has 0 radical (unpaired) electrons. The molecule has 0 aliphatic carbocycles. The summed E-state index contributed by atoms with van der Waals surface area (Å²) in [5, 5.41) is 28.6. The fourth-order valence-electron chi connectivity index (χ4n) is 1.30. The average Bonchev–Trinajstić information content (AvgIpc) is 2.16. The van der Waals surface area contributed by atoms with Gasteiger partial charge in [0, 0.05) is 6.07 Å². The summed E-state index contributed by atoms with van der Waals surface area (Å²) < 4.78 is 0. The van der Waals surface area contributed by atoms with Gasteiger partial charge in [-0.3, -0.25) is 10.1 Å². The molecule has 6 heteroatoms. The van der Waals surface area contributed by atoms with Crippen molar-refractivity contribution in [1.29, 1.82) is 0 Å². The van der Waals surface area contributed by atoms with Crippen LogP contribution in [0.4, 0.5) is 5.69 Å². The average molecular weight is 209 g/mol. The molecule has 0 aliphatic rings. The maximum atomic E-state index is 10.7. The van der Waals surface area contributed by atoms with Crippen LogP contribution in [0.5, 0.6) is 0 Å². The van der Waals surface area contributed by atoms with E-state index >= 15 is 0 Å². The summed E-state index contributed by atoms with van der Waals surface area (Å²) in [6.45, 7) is 3.82. The summed E-state index contributed by atoms with van der Waals surface area (Å²) in [4.78, 5) is 10.1. The second kappa shape index (κ2) is 4.42. The van der Waals surface area contributed by atoms with Gasteiger partial charge in [-0.1, -0.05) is 26.0 Å². The van der Waals surface area contributed by atoms with E-state index in [9.17, 15) is 10.1 Å². The van der Waals surface area contributed by atoms with Gasteiger partial charge in [-0.2, -0.15) is 0 Å². The third-order valence-electron chi connectivity index (χ3n) is 2.20. The van der Waals surface area contributed by atoms with Crippen LogP contribution in [0.3, 0.4) is 0 Å². The minimum Gasteiger partial charge on any atom is -0.423 e. The molecule has 0 fully saturated rings. The lowest BCUT2D eigenvalue weighted by atomic mass is 9.78. The third-order valence-corrected chi connectivity index (χ3v) is 2.20. The van der Waals surface area contributed by atoms with Crippen molar-refractivity contribution in [3.05, 3.63) is 33.9 Å². The number of nitro groups is 1.